The van der Waals surface area contributed by atoms with Gasteiger partial charge in [0.05, 0.1) is 21.7 Å². The van der Waals surface area contributed by atoms with Crippen LogP contribution in [0.15, 0.2) is 36.4 Å². The lowest BCUT2D eigenvalue weighted by atomic mass is 9.86. The first-order chi connectivity index (χ1) is 15.2. The van der Waals surface area contributed by atoms with Gasteiger partial charge in [-0.3, -0.25) is 9.89 Å². The summed E-state index contributed by atoms with van der Waals surface area (Å²) in [6, 6.07) is 8.86. The van der Waals surface area contributed by atoms with E-state index in [-0.39, 0.29) is 16.6 Å². The van der Waals surface area contributed by atoms with E-state index in [1.807, 2.05) is 19.1 Å². The maximum Gasteiger partial charge on any atom is 0.416 e. The molecule has 9 heteroatoms. The first-order valence-corrected chi connectivity index (χ1v) is 10.9. The highest BCUT2D eigenvalue weighted by Gasteiger charge is 2.32. The normalized spacial score (nSPS) is 19.2. The fraction of sp³-hybridized carbons (Fsp3) is 0.391. The molecule has 2 aromatic carbocycles. The van der Waals surface area contributed by atoms with E-state index in [0.29, 0.717) is 5.92 Å². The van der Waals surface area contributed by atoms with Gasteiger partial charge in [-0.1, -0.05) is 17.7 Å². The molecule has 0 saturated heterocycles. The fourth-order valence-corrected chi connectivity index (χ4v) is 4.36. The maximum absolute atomic E-state index is 13.0. The number of carbonyl (C=O) groups is 1. The number of fused-ring (bicyclic) bond motifs is 1. The summed E-state index contributed by atoms with van der Waals surface area (Å²) in [5.41, 5.74) is 1.13. The van der Waals surface area contributed by atoms with Crippen LogP contribution in [0.5, 0.6) is 0 Å². The smallest absolute Gasteiger partial charge is 0.368 e. The number of rotatable bonds is 5. The van der Waals surface area contributed by atoms with Crippen LogP contribution in [-0.4, -0.2) is 28.7 Å². The number of alkyl halides is 3. The molecule has 0 aliphatic heterocycles. The molecule has 1 aromatic heterocycles. The largest absolute Gasteiger partial charge is 0.416 e. The third-order valence-corrected chi connectivity index (χ3v) is 6.33. The molecule has 3 aromatic rings. The van der Waals surface area contributed by atoms with Gasteiger partial charge in [0.1, 0.15) is 0 Å². The average molecular weight is 465 g/mol. The molecule has 4 rings (SSSR count). The first kappa shape index (κ1) is 22.5. The molecule has 1 fully saturated rings. The molecule has 0 atom stereocenters. The number of anilines is 1. The Kier molecular flexibility index (Phi) is 6.33. The maximum atomic E-state index is 13.0. The number of halogens is 4. The molecule has 0 bridgehead atoms. The summed E-state index contributed by atoms with van der Waals surface area (Å²) in [5.74, 6) is 0.688. The predicted octanol–water partition coefficient (Wildman–Crippen LogP) is 5.94. The molecule has 3 N–H and O–H groups in total. The quantitative estimate of drug-likeness (QED) is 0.437. The Bertz CT molecular complexity index is 1120. The zero-order chi connectivity index (χ0) is 22.9. The molecule has 1 amide bonds. The van der Waals surface area contributed by atoms with Crippen LogP contribution < -0.4 is 10.6 Å². The fourth-order valence-electron chi connectivity index (χ4n) is 4.16. The number of hydrogen-bond acceptors (Lipinski definition) is 3. The van der Waals surface area contributed by atoms with Crippen molar-refractivity contribution >= 4 is 34.2 Å². The van der Waals surface area contributed by atoms with Crippen LogP contribution in [0.1, 0.15) is 47.2 Å². The zero-order valence-electron chi connectivity index (χ0n) is 17.5. The van der Waals surface area contributed by atoms with Crippen LogP contribution >= 0.6 is 11.6 Å². The number of nitrogens with one attached hydrogen (secondary N) is 3. The van der Waals surface area contributed by atoms with E-state index in [1.165, 1.54) is 5.56 Å². The summed E-state index contributed by atoms with van der Waals surface area (Å²) in [5, 5.41) is 14.7. The van der Waals surface area contributed by atoms with Crippen molar-refractivity contribution in [1.82, 2.24) is 15.5 Å². The Labute approximate surface area is 188 Å². The molecule has 0 unspecified atom stereocenters. The van der Waals surface area contributed by atoms with E-state index < -0.39 is 17.6 Å². The highest BCUT2D eigenvalue weighted by atomic mass is 35.5. The minimum absolute atomic E-state index is 0.00908. The molecule has 0 radical (unpaired) electrons. The lowest BCUT2D eigenvalue weighted by Gasteiger charge is -2.29. The van der Waals surface area contributed by atoms with Crippen molar-refractivity contribution in [1.29, 1.82) is 0 Å². The summed E-state index contributed by atoms with van der Waals surface area (Å²) in [4.78, 5) is 12.5. The number of benzene rings is 2. The van der Waals surface area contributed by atoms with Crippen molar-refractivity contribution in [2.45, 2.75) is 44.8 Å². The van der Waals surface area contributed by atoms with Crippen molar-refractivity contribution in [3.05, 3.63) is 58.1 Å². The minimum atomic E-state index is -4.52. The summed E-state index contributed by atoms with van der Waals surface area (Å²) < 4.78 is 38.9. The summed E-state index contributed by atoms with van der Waals surface area (Å²) in [6.07, 6.45) is -1.21. The van der Waals surface area contributed by atoms with E-state index >= 15 is 0 Å². The van der Waals surface area contributed by atoms with Crippen LogP contribution in [0.3, 0.4) is 0 Å². The SMILES string of the molecule is Cc1ccc2c(NC[C@H]3CC[C@H](NC(=O)c4cc(C(F)(F)F)ccc4Cl)CC3)n[nH]c2c1. The summed E-state index contributed by atoms with van der Waals surface area (Å²) in [6.45, 7) is 2.81. The van der Waals surface area contributed by atoms with Crippen molar-refractivity contribution in [2.75, 3.05) is 11.9 Å². The van der Waals surface area contributed by atoms with Gasteiger partial charge in [0.15, 0.2) is 5.82 Å². The Morgan fingerprint density at radius 3 is 2.62 bits per heavy atom. The summed E-state index contributed by atoms with van der Waals surface area (Å²) in [7, 11) is 0. The van der Waals surface area contributed by atoms with E-state index in [9.17, 15) is 18.0 Å². The monoisotopic (exact) mass is 464 g/mol. The average Bonchev–Trinajstić information content (AvgIpc) is 3.14. The third kappa shape index (κ3) is 5.01. The van der Waals surface area contributed by atoms with E-state index in [4.69, 9.17) is 11.6 Å². The van der Waals surface area contributed by atoms with Gasteiger partial charge >= 0.3 is 6.18 Å². The van der Waals surface area contributed by atoms with Gasteiger partial charge in [-0.25, -0.2) is 0 Å². The van der Waals surface area contributed by atoms with Crippen LogP contribution in [0.2, 0.25) is 5.02 Å². The van der Waals surface area contributed by atoms with Gasteiger partial charge in [0.25, 0.3) is 5.91 Å². The standard InChI is InChI=1S/C23H24ClF3N4O/c1-13-2-8-17-20(10-13)30-31-21(17)28-12-14-3-6-16(7-4-14)29-22(32)18-11-15(23(25,26)27)5-9-19(18)24/h2,5,8-11,14,16H,3-4,6-7,12H2,1H3,(H,29,32)(H2,28,30,31)/t14-,16-. The van der Waals surface area contributed by atoms with Crippen LogP contribution in [-0.2, 0) is 6.18 Å². The van der Waals surface area contributed by atoms with Crippen molar-refractivity contribution in [3.8, 4) is 0 Å². The second kappa shape index (κ2) is 9.02. The van der Waals surface area contributed by atoms with Crippen LogP contribution in [0.4, 0.5) is 19.0 Å². The van der Waals surface area contributed by atoms with E-state index in [1.54, 1.807) is 0 Å². The number of hydrogen-bond donors (Lipinski definition) is 3. The lowest BCUT2D eigenvalue weighted by Crippen LogP contribution is -2.38. The number of aromatic nitrogens is 2. The molecule has 0 spiro atoms. The van der Waals surface area contributed by atoms with E-state index in [0.717, 1.165) is 67.1 Å². The van der Waals surface area contributed by atoms with Crippen molar-refractivity contribution in [3.63, 3.8) is 0 Å². The Morgan fingerprint density at radius 1 is 1.16 bits per heavy atom. The van der Waals surface area contributed by atoms with Crippen molar-refractivity contribution < 1.29 is 18.0 Å². The zero-order valence-corrected chi connectivity index (χ0v) is 18.3. The Morgan fingerprint density at radius 2 is 1.91 bits per heavy atom. The van der Waals surface area contributed by atoms with Crippen molar-refractivity contribution in [2.24, 2.45) is 5.92 Å². The number of carbonyl (C=O) groups excluding carboxylic acids is 1. The van der Waals surface area contributed by atoms with Gasteiger partial charge in [-0.15, -0.1) is 0 Å². The molecule has 170 valence electrons. The molecule has 1 aliphatic carbocycles. The molecule has 1 heterocycles. The lowest BCUT2D eigenvalue weighted by molar-refractivity contribution is -0.137. The third-order valence-electron chi connectivity index (χ3n) is 6.00. The molecule has 1 saturated carbocycles. The molecular formula is C23H24ClF3N4O. The Hall–Kier alpha value is -2.74. The van der Waals surface area contributed by atoms with Crippen LogP contribution in [0.25, 0.3) is 10.9 Å². The van der Waals surface area contributed by atoms with Gasteiger partial charge in [0.2, 0.25) is 0 Å². The van der Waals surface area contributed by atoms with Crippen LogP contribution in [0, 0.1) is 12.8 Å². The number of amides is 1. The molecular weight excluding hydrogens is 441 g/mol. The molecule has 5 nitrogen and oxygen atoms in total. The van der Waals surface area contributed by atoms with Gasteiger partial charge in [-0.05, 0) is 74.4 Å². The minimum Gasteiger partial charge on any atom is -0.368 e. The molecule has 1 aliphatic rings. The van der Waals surface area contributed by atoms with E-state index in [2.05, 4.69) is 26.9 Å². The Balaban J connectivity index is 1.30. The van der Waals surface area contributed by atoms with Gasteiger partial charge in [0, 0.05) is 18.0 Å². The predicted molar refractivity (Wildman–Crippen MR) is 119 cm³/mol. The topological polar surface area (TPSA) is 69.8 Å². The highest BCUT2D eigenvalue weighted by Crippen LogP contribution is 2.32. The number of aryl methyl sites for hydroxylation is 1. The van der Waals surface area contributed by atoms with Gasteiger partial charge < -0.3 is 10.6 Å². The second-order valence-electron chi connectivity index (χ2n) is 8.39. The second-order valence-corrected chi connectivity index (χ2v) is 8.79. The molecule has 32 heavy (non-hydrogen) atoms. The number of H-pyrrole nitrogens is 1. The van der Waals surface area contributed by atoms with Gasteiger partial charge in [-0.2, -0.15) is 18.3 Å². The first-order valence-electron chi connectivity index (χ1n) is 10.6. The highest BCUT2D eigenvalue weighted by molar-refractivity contribution is 6.33. The number of aromatic amines is 1. The number of nitrogens with zero attached hydrogens (tertiary/aromatic N) is 1. The summed E-state index contributed by atoms with van der Waals surface area (Å²) >= 11 is 5.98.